The van der Waals surface area contributed by atoms with Crippen LogP contribution in [-0.4, -0.2) is 34.4 Å². The van der Waals surface area contributed by atoms with Gasteiger partial charge in [0.25, 0.3) is 0 Å². The fourth-order valence-corrected chi connectivity index (χ4v) is 1.79. The lowest BCUT2D eigenvalue weighted by Crippen LogP contribution is -2.45. The zero-order valence-corrected chi connectivity index (χ0v) is 9.77. The lowest BCUT2D eigenvalue weighted by Gasteiger charge is -2.23. The topological polar surface area (TPSA) is 63.4 Å². The summed E-state index contributed by atoms with van der Waals surface area (Å²) in [5, 5.41) is 0. The molecule has 0 radical (unpaired) electrons. The number of alkyl halides is 3. The van der Waals surface area contributed by atoms with Gasteiger partial charge in [-0.2, -0.15) is 13.2 Å². The molecule has 1 rings (SSSR count). The van der Waals surface area contributed by atoms with Crippen molar-refractivity contribution in [3.8, 4) is 0 Å². The van der Waals surface area contributed by atoms with Gasteiger partial charge in [0, 0.05) is 18.9 Å². The number of thiocarbonyl (C=S) groups is 1. The average Bonchev–Trinajstić information content (AvgIpc) is 2.36. The first-order valence-electron chi connectivity index (χ1n) is 4.84. The molecule has 0 aromatic carbocycles. The van der Waals surface area contributed by atoms with E-state index in [1.54, 1.807) is 0 Å². The first kappa shape index (κ1) is 13.9. The number of amides is 2. The van der Waals surface area contributed by atoms with Gasteiger partial charge in [0.05, 0.1) is 4.99 Å². The summed E-state index contributed by atoms with van der Waals surface area (Å²) in [5.41, 5.74) is 4.99. The molecule has 2 N–H and O–H groups in total. The third-order valence-electron chi connectivity index (χ3n) is 2.57. The van der Waals surface area contributed by atoms with E-state index in [-0.39, 0.29) is 6.42 Å². The summed E-state index contributed by atoms with van der Waals surface area (Å²) in [5.74, 6) is -3.95. The first-order chi connectivity index (χ1) is 7.64. The normalized spacial score (nSPS) is 23.1. The SMILES string of the molecule is CC1CC(=O)N(CC(C(N)=S)C(F)(F)F)C1=O. The fraction of sp³-hybridized carbons (Fsp3) is 0.667. The predicted octanol–water partition coefficient (Wildman–Crippen LogP) is 0.846. The van der Waals surface area contributed by atoms with Crippen molar-refractivity contribution in [2.24, 2.45) is 17.6 Å². The van der Waals surface area contributed by atoms with E-state index in [0.29, 0.717) is 4.90 Å². The van der Waals surface area contributed by atoms with Crippen LogP contribution in [0.1, 0.15) is 13.3 Å². The number of carbonyl (C=O) groups excluding carboxylic acids is 2. The molecule has 1 heterocycles. The second kappa shape index (κ2) is 4.59. The molecule has 96 valence electrons. The number of likely N-dealkylation sites (tertiary alicyclic amines) is 1. The Labute approximate surface area is 101 Å². The molecule has 0 aliphatic carbocycles. The highest BCUT2D eigenvalue weighted by atomic mass is 32.1. The molecule has 2 amide bonds. The molecule has 2 unspecified atom stereocenters. The number of hydrogen-bond acceptors (Lipinski definition) is 3. The summed E-state index contributed by atoms with van der Waals surface area (Å²) in [6, 6.07) is 0. The lowest BCUT2D eigenvalue weighted by molar-refractivity contribution is -0.163. The second-order valence-corrected chi connectivity index (χ2v) is 4.42. The minimum atomic E-state index is -4.65. The van der Waals surface area contributed by atoms with E-state index in [4.69, 9.17) is 5.73 Å². The fourth-order valence-electron chi connectivity index (χ4n) is 1.58. The van der Waals surface area contributed by atoms with Gasteiger partial charge in [-0.25, -0.2) is 0 Å². The molecule has 8 heteroatoms. The van der Waals surface area contributed by atoms with Crippen molar-refractivity contribution in [1.29, 1.82) is 0 Å². The van der Waals surface area contributed by atoms with Gasteiger partial charge < -0.3 is 5.73 Å². The van der Waals surface area contributed by atoms with Gasteiger partial charge >= 0.3 is 6.18 Å². The Morgan fingerprint density at radius 1 is 1.59 bits per heavy atom. The van der Waals surface area contributed by atoms with E-state index in [0.717, 1.165) is 0 Å². The van der Waals surface area contributed by atoms with Gasteiger partial charge in [0.2, 0.25) is 11.8 Å². The van der Waals surface area contributed by atoms with Crippen LogP contribution in [0, 0.1) is 11.8 Å². The Balaban J connectivity index is 2.85. The highest BCUT2D eigenvalue weighted by molar-refractivity contribution is 7.80. The second-order valence-electron chi connectivity index (χ2n) is 3.94. The van der Waals surface area contributed by atoms with Crippen LogP contribution in [0.4, 0.5) is 13.2 Å². The third-order valence-corrected chi connectivity index (χ3v) is 2.86. The maximum absolute atomic E-state index is 12.6. The predicted molar refractivity (Wildman–Crippen MR) is 56.8 cm³/mol. The van der Waals surface area contributed by atoms with Gasteiger partial charge in [-0.3, -0.25) is 14.5 Å². The largest absolute Gasteiger partial charge is 0.399 e. The highest BCUT2D eigenvalue weighted by Gasteiger charge is 2.46. The molecule has 1 aliphatic rings. The van der Waals surface area contributed by atoms with Crippen molar-refractivity contribution in [1.82, 2.24) is 4.90 Å². The molecule has 1 saturated heterocycles. The maximum atomic E-state index is 12.6. The van der Waals surface area contributed by atoms with Crippen LogP contribution >= 0.6 is 12.2 Å². The third kappa shape index (κ3) is 2.93. The standard InChI is InChI=1S/C9H11F3N2O2S/c1-4-2-6(15)14(8(4)16)3-5(7(13)17)9(10,11)12/h4-5H,2-3H2,1H3,(H2,13,17). The van der Waals surface area contributed by atoms with Crippen molar-refractivity contribution in [2.45, 2.75) is 19.5 Å². The van der Waals surface area contributed by atoms with Gasteiger partial charge in [-0.05, 0) is 0 Å². The van der Waals surface area contributed by atoms with Crippen molar-refractivity contribution in [3.63, 3.8) is 0 Å². The number of hydrogen-bond donors (Lipinski definition) is 1. The van der Waals surface area contributed by atoms with E-state index in [1.807, 2.05) is 0 Å². The number of nitrogens with zero attached hydrogens (tertiary/aromatic N) is 1. The summed E-state index contributed by atoms with van der Waals surface area (Å²) < 4.78 is 37.7. The Morgan fingerprint density at radius 2 is 2.12 bits per heavy atom. The summed E-state index contributed by atoms with van der Waals surface area (Å²) in [4.78, 5) is 22.6. The van der Waals surface area contributed by atoms with Crippen LogP contribution in [0.3, 0.4) is 0 Å². The monoisotopic (exact) mass is 268 g/mol. The summed E-state index contributed by atoms with van der Waals surface area (Å²) in [6.45, 7) is 0.671. The molecule has 0 aromatic heterocycles. The zero-order valence-electron chi connectivity index (χ0n) is 8.95. The molecule has 0 spiro atoms. The Hall–Kier alpha value is -1.18. The zero-order chi connectivity index (χ0) is 13.4. The highest BCUT2D eigenvalue weighted by Crippen LogP contribution is 2.29. The molecule has 1 fully saturated rings. The van der Waals surface area contributed by atoms with Crippen molar-refractivity contribution in [3.05, 3.63) is 0 Å². The van der Waals surface area contributed by atoms with Crippen LogP contribution in [0.5, 0.6) is 0 Å². The van der Waals surface area contributed by atoms with E-state index in [9.17, 15) is 22.8 Å². The Kier molecular flexibility index (Phi) is 3.75. The summed E-state index contributed by atoms with van der Waals surface area (Å²) >= 11 is 4.31. The number of rotatable bonds is 3. The van der Waals surface area contributed by atoms with Gasteiger partial charge in [-0.1, -0.05) is 19.1 Å². The quantitative estimate of drug-likeness (QED) is 0.608. The molecular formula is C9H11F3N2O2S. The van der Waals surface area contributed by atoms with Crippen LogP contribution in [0.25, 0.3) is 0 Å². The first-order valence-corrected chi connectivity index (χ1v) is 5.25. The summed E-state index contributed by atoms with van der Waals surface area (Å²) in [7, 11) is 0. The maximum Gasteiger partial charge on any atom is 0.399 e. The number of halogens is 3. The van der Waals surface area contributed by atoms with E-state index in [2.05, 4.69) is 12.2 Å². The average molecular weight is 268 g/mol. The number of carbonyl (C=O) groups is 2. The van der Waals surface area contributed by atoms with Crippen molar-refractivity contribution < 1.29 is 22.8 Å². The molecule has 2 atom stereocenters. The van der Waals surface area contributed by atoms with Gasteiger partial charge in [0.15, 0.2) is 0 Å². The molecule has 17 heavy (non-hydrogen) atoms. The molecule has 0 aromatic rings. The number of nitrogens with two attached hydrogens (primary N) is 1. The smallest absolute Gasteiger partial charge is 0.393 e. The molecule has 4 nitrogen and oxygen atoms in total. The molecule has 0 saturated carbocycles. The lowest BCUT2D eigenvalue weighted by atomic mass is 10.1. The van der Waals surface area contributed by atoms with E-state index in [1.165, 1.54) is 6.92 Å². The van der Waals surface area contributed by atoms with Crippen LogP contribution in [-0.2, 0) is 9.59 Å². The van der Waals surface area contributed by atoms with Crippen LogP contribution < -0.4 is 5.73 Å². The van der Waals surface area contributed by atoms with Gasteiger partial charge in [-0.15, -0.1) is 0 Å². The van der Waals surface area contributed by atoms with E-state index >= 15 is 0 Å². The van der Waals surface area contributed by atoms with Crippen LogP contribution in [0.2, 0.25) is 0 Å². The minimum Gasteiger partial charge on any atom is -0.393 e. The van der Waals surface area contributed by atoms with E-state index < -0.39 is 41.4 Å². The van der Waals surface area contributed by atoms with Gasteiger partial charge in [0.1, 0.15) is 5.92 Å². The molecule has 0 bridgehead atoms. The molecule has 1 aliphatic heterocycles. The minimum absolute atomic E-state index is 0.0687. The van der Waals surface area contributed by atoms with Crippen molar-refractivity contribution >= 4 is 29.0 Å². The Bertz CT molecular complexity index is 370. The van der Waals surface area contributed by atoms with Crippen molar-refractivity contribution in [2.75, 3.05) is 6.54 Å². The Morgan fingerprint density at radius 3 is 2.41 bits per heavy atom. The summed E-state index contributed by atoms with van der Waals surface area (Å²) in [6.07, 6.45) is -4.72. The molecular weight excluding hydrogens is 257 g/mol. The van der Waals surface area contributed by atoms with Crippen LogP contribution in [0.15, 0.2) is 0 Å². The number of imide groups is 1.